The summed E-state index contributed by atoms with van der Waals surface area (Å²) in [6.07, 6.45) is 0. The van der Waals surface area contributed by atoms with Gasteiger partial charge in [-0.2, -0.15) is 0 Å². The fourth-order valence-corrected chi connectivity index (χ4v) is 2.17. The second kappa shape index (κ2) is 6.23. The highest BCUT2D eigenvalue weighted by Gasteiger charge is 2.15. The average Bonchev–Trinajstić information content (AvgIpc) is 2.31. The summed E-state index contributed by atoms with van der Waals surface area (Å²) >= 11 is 5.33. The summed E-state index contributed by atoms with van der Waals surface area (Å²) in [6, 6.07) is 7.58. The molecule has 0 N–H and O–H groups in total. The zero-order valence-electron chi connectivity index (χ0n) is 9.89. The predicted molar refractivity (Wildman–Crippen MR) is 68.9 cm³/mol. The van der Waals surface area contributed by atoms with Crippen molar-refractivity contribution >= 4 is 21.6 Å². The van der Waals surface area contributed by atoms with Crippen LogP contribution in [0.1, 0.15) is 5.56 Å². The SMILES string of the molecule is Cc1ccc(OCCN(C)S(=O)(=O)CCl)cc1. The Kier molecular flexibility index (Phi) is 5.24. The minimum Gasteiger partial charge on any atom is -0.492 e. The van der Waals surface area contributed by atoms with Crippen LogP contribution in [0.15, 0.2) is 24.3 Å². The third-order valence-corrected chi connectivity index (χ3v) is 4.54. The summed E-state index contributed by atoms with van der Waals surface area (Å²) in [4.78, 5) is 0. The van der Waals surface area contributed by atoms with Gasteiger partial charge in [-0.25, -0.2) is 12.7 Å². The first kappa shape index (κ1) is 14.3. The van der Waals surface area contributed by atoms with E-state index in [1.54, 1.807) is 0 Å². The van der Waals surface area contributed by atoms with Crippen LogP contribution in [-0.4, -0.2) is 38.1 Å². The molecular weight excluding hydrogens is 262 g/mol. The van der Waals surface area contributed by atoms with Gasteiger partial charge in [0.1, 0.15) is 17.6 Å². The third-order valence-electron chi connectivity index (χ3n) is 2.31. The quantitative estimate of drug-likeness (QED) is 0.746. The van der Waals surface area contributed by atoms with Crippen molar-refractivity contribution in [3.05, 3.63) is 29.8 Å². The number of halogens is 1. The van der Waals surface area contributed by atoms with Crippen LogP contribution in [0, 0.1) is 6.92 Å². The van der Waals surface area contributed by atoms with Gasteiger partial charge in [-0.15, -0.1) is 11.6 Å². The first-order valence-corrected chi connectivity index (χ1v) is 7.29. The van der Waals surface area contributed by atoms with Crippen LogP contribution in [0.3, 0.4) is 0 Å². The van der Waals surface area contributed by atoms with Crippen LogP contribution in [0.5, 0.6) is 5.75 Å². The number of hydrogen-bond donors (Lipinski definition) is 0. The largest absolute Gasteiger partial charge is 0.492 e. The molecule has 0 amide bonds. The maximum absolute atomic E-state index is 11.3. The molecule has 0 heterocycles. The Morgan fingerprint density at radius 1 is 1.29 bits per heavy atom. The molecule has 0 atom stereocenters. The van der Waals surface area contributed by atoms with Crippen LogP contribution in [-0.2, 0) is 10.0 Å². The van der Waals surface area contributed by atoms with Crippen molar-refractivity contribution in [1.29, 1.82) is 0 Å². The van der Waals surface area contributed by atoms with E-state index in [1.165, 1.54) is 11.4 Å². The normalized spacial score (nSPS) is 11.8. The van der Waals surface area contributed by atoms with E-state index in [0.717, 1.165) is 11.3 Å². The second-order valence-electron chi connectivity index (χ2n) is 3.70. The van der Waals surface area contributed by atoms with Crippen molar-refractivity contribution < 1.29 is 13.2 Å². The maximum atomic E-state index is 11.3. The number of rotatable bonds is 6. The number of sulfonamides is 1. The van der Waals surface area contributed by atoms with E-state index in [9.17, 15) is 8.42 Å². The Hall–Kier alpha value is -0.780. The molecule has 0 spiro atoms. The van der Waals surface area contributed by atoms with Crippen LogP contribution < -0.4 is 4.74 Å². The molecule has 0 aliphatic rings. The Balaban J connectivity index is 2.41. The number of nitrogens with zero attached hydrogens (tertiary/aromatic N) is 1. The van der Waals surface area contributed by atoms with Gasteiger partial charge < -0.3 is 4.74 Å². The van der Waals surface area contributed by atoms with Gasteiger partial charge in [0.2, 0.25) is 10.0 Å². The van der Waals surface area contributed by atoms with E-state index in [2.05, 4.69) is 0 Å². The Morgan fingerprint density at radius 2 is 1.88 bits per heavy atom. The molecule has 0 radical (unpaired) electrons. The lowest BCUT2D eigenvalue weighted by molar-refractivity contribution is 0.287. The van der Waals surface area contributed by atoms with Crippen LogP contribution in [0.4, 0.5) is 0 Å². The molecule has 1 aromatic rings. The zero-order valence-corrected chi connectivity index (χ0v) is 11.5. The van der Waals surface area contributed by atoms with E-state index in [1.807, 2.05) is 31.2 Å². The number of likely N-dealkylation sites (N-methyl/N-ethyl adjacent to an activating group) is 1. The van der Waals surface area contributed by atoms with Gasteiger partial charge >= 0.3 is 0 Å². The monoisotopic (exact) mass is 277 g/mol. The van der Waals surface area contributed by atoms with Crippen molar-refractivity contribution in [3.63, 3.8) is 0 Å². The van der Waals surface area contributed by atoms with Crippen molar-refractivity contribution in [2.75, 3.05) is 25.4 Å². The van der Waals surface area contributed by atoms with Crippen molar-refractivity contribution in [2.45, 2.75) is 6.92 Å². The first-order chi connectivity index (χ1) is 7.95. The smallest absolute Gasteiger partial charge is 0.228 e. The lowest BCUT2D eigenvalue weighted by atomic mass is 10.2. The van der Waals surface area contributed by atoms with Crippen molar-refractivity contribution in [3.8, 4) is 5.75 Å². The van der Waals surface area contributed by atoms with Crippen LogP contribution >= 0.6 is 11.6 Å². The number of aryl methyl sites for hydroxylation is 1. The lowest BCUT2D eigenvalue weighted by Gasteiger charge is -2.15. The van der Waals surface area contributed by atoms with Crippen LogP contribution in [0.25, 0.3) is 0 Å². The van der Waals surface area contributed by atoms with Gasteiger partial charge in [-0.1, -0.05) is 17.7 Å². The molecule has 0 aromatic heterocycles. The van der Waals surface area contributed by atoms with Gasteiger partial charge in [0.25, 0.3) is 0 Å². The zero-order chi connectivity index (χ0) is 12.9. The van der Waals surface area contributed by atoms with E-state index < -0.39 is 15.2 Å². The Labute approximate surface area is 107 Å². The predicted octanol–water partition coefficient (Wildman–Crippen LogP) is 1.83. The highest BCUT2D eigenvalue weighted by molar-refractivity contribution is 7.90. The van der Waals surface area contributed by atoms with Crippen molar-refractivity contribution in [1.82, 2.24) is 4.31 Å². The lowest BCUT2D eigenvalue weighted by Crippen LogP contribution is -2.31. The summed E-state index contributed by atoms with van der Waals surface area (Å²) in [5.41, 5.74) is 1.15. The number of ether oxygens (including phenoxy) is 1. The molecule has 0 bridgehead atoms. The molecule has 0 fully saturated rings. The van der Waals surface area contributed by atoms with Crippen LogP contribution in [0.2, 0.25) is 0 Å². The Morgan fingerprint density at radius 3 is 2.41 bits per heavy atom. The molecule has 6 heteroatoms. The van der Waals surface area contributed by atoms with Gasteiger partial charge in [0, 0.05) is 13.6 Å². The summed E-state index contributed by atoms with van der Waals surface area (Å²) in [7, 11) is -1.86. The fraction of sp³-hybridized carbons (Fsp3) is 0.455. The molecular formula is C11H16ClNO3S. The van der Waals surface area contributed by atoms with Crippen molar-refractivity contribution in [2.24, 2.45) is 0 Å². The standard InChI is InChI=1S/C11H16ClNO3S/c1-10-3-5-11(6-4-10)16-8-7-13(2)17(14,15)9-12/h3-6H,7-9H2,1-2H3. The maximum Gasteiger partial charge on any atom is 0.228 e. The molecule has 1 aromatic carbocycles. The molecule has 0 saturated carbocycles. The molecule has 4 nitrogen and oxygen atoms in total. The average molecular weight is 278 g/mol. The summed E-state index contributed by atoms with van der Waals surface area (Å²) in [6.45, 7) is 2.57. The molecule has 0 unspecified atom stereocenters. The number of benzene rings is 1. The summed E-state index contributed by atoms with van der Waals surface area (Å²) < 4.78 is 29.3. The highest BCUT2D eigenvalue weighted by Crippen LogP contribution is 2.11. The summed E-state index contributed by atoms with van der Waals surface area (Å²) in [5, 5.41) is -0.409. The minimum absolute atomic E-state index is 0.281. The highest BCUT2D eigenvalue weighted by atomic mass is 35.5. The van der Waals surface area contributed by atoms with Gasteiger partial charge in [-0.05, 0) is 19.1 Å². The Bertz CT molecular complexity index is 444. The third kappa shape index (κ3) is 4.53. The molecule has 96 valence electrons. The van der Waals surface area contributed by atoms with Gasteiger partial charge in [0.05, 0.1) is 0 Å². The summed E-state index contributed by atoms with van der Waals surface area (Å²) in [5.74, 6) is 0.729. The van der Waals surface area contributed by atoms with E-state index in [0.29, 0.717) is 6.61 Å². The minimum atomic E-state index is -3.34. The number of hydrogen-bond acceptors (Lipinski definition) is 3. The number of alkyl halides is 1. The second-order valence-corrected chi connectivity index (χ2v) is 6.36. The van der Waals surface area contributed by atoms with E-state index >= 15 is 0 Å². The topological polar surface area (TPSA) is 46.6 Å². The molecule has 0 saturated heterocycles. The van der Waals surface area contributed by atoms with Gasteiger partial charge in [0.15, 0.2) is 0 Å². The molecule has 0 aliphatic carbocycles. The molecule has 0 aliphatic heterocycles. The van der Waals surface area contributed by atoms with E-state index in [4.69, 9.17) is 16.3 Å². The molecule has 17 heavy (non-hydrogen) atoms. The molecule has 1 rings (SSSR count). The fourth-order valence-electron chi connectivity index (χ4n) is 1.15. The van der Waals surface area contributed by atoms with E-state index in [-0.39, 0.29) is 6.54 Å². The first-order valence-electron chi connectivity index (χ1n) is 5.15. The van der Waals surface area contributed by atoms with Gasteiger partial charge in [-0.3, -0.25) is 0 Å².